The van der Waals surface area contributed by atoms with E-state index in [-0.39, 0.29) is 0 Å². The highest BCUT2D eigenvalue weighted by molar-refractivity contribution is 6.31. The first-order valence-electron chi connectivity index (χ1n) is 8.88. The fourth-order valence-corrected chi connectivity index (χ4v) is 3.21. The Morgan fingerprint density at radius 3 is 2.38 bits per heavy atom. The topological polar surface area (TPSA) is 28.2 Å². The molecular weight excluding hydrogens is 318 g/mol. The lowest BCUT2D eigenvalue weighted by molar-refractivity contribution is 0.227. The van der Waals surface area contributed by atoms with Crippen LogP contribution < -0.4 is 5.32 Å². The summed E-state index contributed by atoms with van der Waals surface area (Å²) in [6.45, 7) is 15.4. The average molecular weight is 348 g/mol. The van der Waals surface area contributed by atoms with Crippen molar-refractivity contribution in [2.45, 2.75) is 34.6 Å². The molecule has 132 valence electrons. The molecule has 0 unspecified atom stereocenters. The highest BCUT2D eigenvalue weighted by atomic mass is 35.5. The van der Waals surface area contributed by atoms with Gasteiger partial charge in [0.05, 0.1) is 5.52 Å². The molecule has 1 aromatic carbocycles. The van der Waals surface area contributed by atoms with Gasteiger partial charge in [-0.15, -0.1) is 0 Å². The van der Waals surface area contributed by atoms with Crippen LogP contribution in [0.1, 0.15) is 33.3 Å². The van der Waals surface area contributed by atoms with Crippen LogP contribution in [0.15, 0.2) is 24.3 Å². The van der Waals surface area contributed by atoms with Crippen molar-refractivity contribution in [3.05, 3.63) is 34.9 Å². The Balaban J connectivity index is 2.02. The van der Waals surface area contributed by atoms with E-state index in [2.05, 4.69) is 50.9 Å². The highest BCUT2D eigenvalue weighted by Crippen LogP contribution is 2.22. The molecule has 0 atom stereocenters. The van der Waals surface area contributed by atoms with Crippen molar-refractivity contribution in [1.82, 2.24) is 9.88 Å². The van der Waals surface area contributed by atoms with Crippen molar-refractivity contribution >= 4 is 28.3 Å². The zero-order valence-corrected chi connectivity index (χ0v) is 16.3. The van der Waals surface area contributed by atoms with Gasteiger partial charge in [-0.25, -0.2) is 4.98 Å². The summed E-state index contributed by atoms with van der Waals surface area (Å²) in [5.41, 5.74) is 2.11. The van der Waals surface area contributed by atoms with Gasteiger partial charge in [-0.1, -0.05) is 45.4 Å². The maximum atomic E-state index is 6.09. The number of aromatic nitrogens is 1. The Morgan fingerprint density at radius 2 is 1.75 bits per heavy atom. The standard InChI is InChI=1S/C20H30ClN3/c1-14(2)12-24(13-15(3)4)9-8-22-20-16(5)10-17-6-7-18(21)11-19(17)23-20/h6-7,10-11,14-15H,8-9,12-13H2,1-5H3,(H,22,23). The monoisotopic (exact) mass is 347 g/mol. The van der Waals surface area contributed by atoms with Gasteiger partial charge in [-0.3, -0.25) is 0 Å². The molecule has 0 fully saturated rings. The number of pyridine rings is 1. The molecule has 4 heteroatoms. The number of aryl methyl sites for hydroxylation is 1. The highest BCUT2D eigenvalue weighted by Gasteiger charge is 2.10. The van der Waals surface area contributed by atoms with Crippen molar-refractivity contribution in [3.8, 4) is 0 Å². The molecular formula is C20H30ClN3. The number of fused-ring (bicyclic) bond motifs is 1. The Kier molecular flexibility index (Phi) is 6.88. The van der Waals surface area contributed by atoms with Crippen LogP contribution in [-0.2, 0) is 0 Å². The molecule has 0 aliphatic carbocycles. The Labute approximate surface area is 151 Å². The molecule has 0 radical (unpaired) electrons. The van der Waals surface area contributed by atoms with Crippen LogP contribution >= 0.6 is 11.6 Å². The molecule has 0 saturated heterocycles. The summed E-state index contributed by atoms with van der Waals surface area (Å²) in [7, 11) is 0. The second-order valence-electron chi connectivity index (χ2n) is 7.46. The van der Waals surface area contributed by atoms with Crippen LogP contribution in [0, 0.1) is 18.8 Å². The molecule has 1 aromatic heterocycles. The van der Waals surface area contributed by atoms with Gasteiger partial charge < -0.3 is 10.2 Å². The smallest absolute Gasteiger partial charge is 0.129 e. The van der Waals surface area contributed by atoms with Crippen LogP contribution in [0.2, 0.25) is 5.02 Å². The minimum absolute atomic E-state index is 0.687. The first-order valence-corrected chi connectivity index (χ1v) is 9.26. The summed E-state index contributed by atoms with van der Waals surface area (Å²) >= 11 is 6.09. The molecule has 1 N–H and O–H groups in total. The minimum Gasteiger partial charge on any atom is -0.369 e. The number of nitrogens with zero attached hydrogens (tertiary/aromatic N) is 2. The summed E-state index contributed by atoms with van der Waals surface area (Å²) in [5.74, 6) is 2.33. The molecule has 24 heavy (non-hydrogen) atoms. The number of hydrogen-bond donors (Lipinski definition) is 1. The quantitative estimate of drug-likeness (QED) is 0.709. The zero-order valence-electron chi connectivity index (χ0n) is 15.6. The third-order valence-corrected chi connectivity index (χ3v) is 4.17. The van der Waals surface area contributed by atoms with Gasteiger partial charge in [0.25, 0.3) is 0 Å². The van der Waals surface area contributed by atoms with Crippen molar-refractivity contribution in [1.29, 1.82) is 0 Å². The number of benzene rings is 1. The lowest BCUT2D eigenvalue weighted by Gasteiger charge is -2.26. The Bertz CT molecular complexity index is 657. The summed E-state index contributed by atoms with van der Waals surface area (Å²) in [4.78, 5) is 7.28. The molecule has 0 saturated carbocycles. The van der Waals surface area contributed by atoms with E-state index in [1.54, 1.807) is 0 Å². The SMILES string of the molecule is Cc1cc2ccc(Cl)cc2nc1NCCN(CC(C)C)CC(C)C. The Morgan fingerprint density at radius 1 is 1.08 bits per heavy atom. The molecule has 2 rings (SSSR count). The predicted molar refractivity (Wildman–Crippen MR) is 106 cm³/mol. The summed E-state index contributed by atoms with van der Waals surface area (Å²) < 4.78 is 0. The number of rotatable bonds is 8. The van der Waals surface area contributed by atoms with Gasteiger partial charge in [0, 0.05) is 36.6 Å². The lowest BCUT2D eigenvalue weighted by Crippen LogP contribution is -2.35. The number of anilines is 1. The molecule has 0 spiro atoms. The third-order valence-electron chi connectivity index (χ3n) is 3.94. The average Bonchev–Trinajstić information content (AvgIpc) is 2.46. The predicted octanol–water partition coefficient (Wildman–Crippen LogP) is 5.22. The van der Waals surface area contributed by atoms with Crippen molar-refractivity contribution < 1.29 is 0 Å². The lowest BCUT2D eigenvalue weighted by atomic mass is 10.1. The maximum absolute atomic E-state index is 6.09. The van der Waals surface area contributed by atoms with E-state index in [4.69, 9.17) is 16.6 Å². The van der Waals surface area contributed by atoms with E-state index in [0.29, 0.717) is 11.8 Å². The summed E-state index contributed by atoms with van der Waals surface area (Å²) in [5, 5.41) is 5.36. The fraction of sp³-hybridized carbons (Fsp3) is 0.550. The van der Waals surface area contributed by atoms with Crippen molar-refractivity contribution in [3.63, 3.8) is 0 Å². The zero-order chi connectivity index (χ0) is 17.7. The Hall–Kier alpha value is -1.32. The number of nitrogens with one attached hydrogen (secondary N) is 1. The molecule has 0 aliphatic rings. The van der Waals surface area contributed by atoms with Gasteiger partial charge in [-0.2, -0.15) is 0 Å². The van der Waals surface area contributed by atoms with Crippen LogP contribution in [-0.4, -0.2) is 36.1 Å². The number of halogens is 1. The van der Waals surface area contributed by atoms with Crippen LogP contribution in [0.3, 0.4) is 0 Å². The molecule has 2 aromatic rings. The molecule has 1 heterocycles. The fourth-order valence-electron chi connectivity index (χ4n) is 3.05. The van der Waals surface area contributed by atoms with Gasteiger partial charge >= 0.3 is 0 Å². The summed E-state index contributed by atoms with van der Waals surface area (Å²) in [6.07, 6.45) is 0. The number of hydrogen-bond acceptors (Lipinski definition) is 3. The van der Waals surface area contributed by atoms with Crippen molar-refractivity contribution in [2.75, 3.05) is 31.5 Å². The normalized spacial score (nSPS) is 11.9. The van der Waals surface area contributed by atoms with Gasteiger partial charge in [0.15, 0.2) is 0 Å². The first-order chi connectivity index (χ1) is 11.3. The second kappa shape index (κ2) is 8.68. The minimum atomic E-state index is 0.687. The summed E-state index contributed by atoms with van der Waals surface area (Å²) in [6, 6.07) is 8.02. The van der Waals surface area contributed by atoms with E-state index < -0.39 is 0 Å². The third kappa shape index (κ3) is 5.64. The van der Waals surface area contributed by atoms with E-state index in [0.717, 1.165) is 47.9 Å². The van der Waals surface area contributed by atoms with E-state index in [9.17, 15) is 0 Å². The van der Waals surface area contributed by atoms with Crippen LogP contribution in [0.25, 0.3) is 10.9 Å². The van der Waals surface area contributed by atoms with Crippen molar-refractivity contribution in [2.24, 2.45) is 11.8 Å². The second-order valence-corrected chi connectivity index (χ2v) is 7.90. The maximum Gasteiger partial charge on any atom is 0.129 e. The molecule has 0 amide bonds. The molecule has 0 bridgehead atoms. The largest absolute Gasteiger partial charge is 0.369 e. The van der Waals surface area contributed by atoms with E-state index >= 15 is 0 Å². The van der Waals surface area contributed by atoms with E-state index in [1.165, 1.54) is 5.56 Å². The van der Waals surface area contributed by atoms with E-state index in [1.807, 2.05) is 18.2 Å². The molecule has 0 aliphatic heterocycles. The van der Waals surface area contributed by atoms with Crippen LogP contribution in [0.4, 0.5) is 5.82 Å². The van der Waals surface area contributed by atoms with Crippen LogP contribution in [0.5, 0.6) is 0 Å². The first kappa shape index (κ1) is 19.0. The van der Waals surface area contributed by atoms with Gasteiger partial charge in [-0.05, 0) is 42.5 Å². The van der Waals surface area contributed by atoms with Gasteiger partial charge in [0.1, 0.15) is 5.82 Å². The van der Waals surface area contributed by atoms with Gasteiger partial charge in [0.2, 0.25) is 0 Å². The molecule has 3 nitrogen and oxygen atoms in total.